The van der Waals surface area contributed by atoms with E-state index < -0.39 is 42.5 Å². The predicted molar refractivity (Wildman–Crippen MR) is 191 cm³/mol. The van der Waals surface area contributed by atoms with E-state index in [1.54, 1.807) is 18.0 Å². The van der Waals surface area contributed by atoms with Gasteiger partial charge in [-0.05, 0) is 79.3 Å². The van der Waals surface area contributed by atoms with Crippen molar-refractivity contribution in [3.8, 4) is 16.9 Å². The van der Waals surface area contributed by atoms with Gasteiger partial charge in [0.1, 0.15) is 24.1 Å². The first kappa shape index (κ1) is 39.4. The lowest BCUT2D eigenvalue weighted by Gasteiger charge is -2.30. The maximum atomic E-state index is 13.0. The molecule has 51 heavy (non-hydrogen) atoms. The van der Waals surface area contributed by atoms with Gasteiger partial charge in [0.25, 0.3) is 5.91 Å². The summed E-state index contributed by atoms with van der Waals surface area (Å²) in [5.74, 6) is 0.600. The van der Waals surface area contributed by atoms with E-state index in [2.05, 4.69) is 11.1 Å². The third-order valence-corrected chi connectivity index (χ3v) is 10.4. The summed E-state index contributed by atoms with van der Waals surface area (Å²) in [5.41, 5.74) is 3.45. The largest absolute Gasteiger partial charge is 0.490 e. The second-order valence-electron chi connectivity index (χ2n) is 12.8. The lowest BCUT2D eigenvalue weighted by atomic mass is 9.96. The van der Waals surface area contributed by atoms with E-state index in [9.17, 15) is 25.2 Å². The first-order valence-electron chi connectivity index (χ1n) is 17.2. The van der Waals surface area contributed by atoms with Crippen LogP contribution in [0.3, 0.4) is 0 Å². The summed E-state index contributed by atoms with van der Waals surface area (Å²) >= 11 is 8.19. The van der Waals surface area contributed by atoms with E-state index in [0.29, 0.717) is 23.8 Å². The molecule has 0 bridgehead atoms. The van der Waals surface area contributed by atoms with E-state index in [1.807, 2.05) is 48.7 Å². The molecule has 278 valence electrons. The molecule has 12 nitrogen and oxygen atoms in total. The normalized spacial score (nSPS) is 17.4. The van der Waals surface area contributed by atoms with E-state index >= 15 is 0 Å². The van der Waals surface area contributed by atoms with Gasteiger partial charge in [0.15, 0.2) is 6.10 Å². The van der Waals surface area contributed by atoms with Crippen molar-refractivity contribution in [2.75, 3.05) is 45.3 Å². The predicted octanol–water partition coefficient (Wildman–Crippen LogP) is 2.90. The Morgan fingerprint density at radius 1 is 1.00 bits per heavy atom. The van der Waals surface area contributed by atoms with Crippen molar-refractivity contribution in [1.29, 1.82) is 0 Å². The Kier molecular flexibility index (Phi) is 14.5. The summed E-state index contributed by atoms with van der Waals surface area (Å²) in [5, 5.41) is 59.0. The van der Waals surface area contributed by atoms with Crippen LogP contribution < -0.4 is 4.74 Å². The average Bonchev–Trinajstić information content (AvgIpc) is 4.10. The molecule has 14 heteroatoms. The van der Waals surface area contributed by atoms with Gasteiger partial charge in [0.2, 0.25) is 0 Å². The Bertz CT molecular complexity index is 1580. The third-order valence-electron chi connectivity index (χ3n) is 8.93. The number of carbonyl (C=O) groups is 1. The molecule has 1 aromatic heterocycles. The van der Waals surface area contributed by atoms with Gasteiger partial charge in [0.05, 0.1) is 44.7 Å². The molecule has 4 atom stereocenters. The van der Waals surface area contributed by atoms with Crippen LogP contribution in [0.25, 0.3) is 11.1 Å². The second kappa shape index (κ2) is 18.8. The zero-order chi connectivity index (χ0) is 36.4. The lowest BCUT2D eigenvalue weighted by molar-refractivity contribution is -0.159. The van der Waals surface area contributed by atoms with E-state index in [1.165, 1.54) is 4.90 Å². The quantitative estimate of drug-likeness (QED) is 0.0655. The highest BCUT2D eigenvalue weighted by molar-refractivity contribution is 7.99. The van der Waals surface area contributed by atoms with Crippen LogP contribution in [0, 0.1) is 0 Å². The summed E-state index contributed by atoms with van der Waals surface area (Å²) in [7, 11) is 0. The fourth-order valence-electron chi connectivity index (χ4n) is 5.70. The number of hydrogen-bond donors (Lipinski definition) is 6. The van der Waals surface area contributed by atoms with Crippen molar-refractivity contribution in [3.63, 3.8) is 0 Å². The molecule has 0 radical (unpaired) electrons. The Labute approximate surface area is 307 Å². The molecule has 6 N–H and O–H groups in total. The molecule has 2 saturated carbocycles. The molecule has 1 amide bonds. The van der Waals surface area contributed by atoms with Crippen LogP contribution >= 0.6 is 23.4 Å². The topological polar surface area (TPSA) is 182 Å². The number of carbonyl (C=O) groups excluding carboxylic acids is 1. The number of hydrogen-bond acceptors (Lipinski definition) is 12. The molecule has 2 aromatic carbocycles. The van der Waals surface area contributed by atoms with Crippen molar-refractivity contribution in [1.82, 2.24) is 9.88 Å². The van der Waals surface area contributed by atoms with Gasteiger partial charge in [-0.25, -0.2) is 0 Å². The Hall–Kier alpha value is -2.82. The summed E-state index contributed by atoms with van der Waals surface area (Å²) in [6.07, 6.45) is 0.616. The SMILES string of the molecule is O=C([C@@H](O)[C@@H](O)[C@H](O)[C@@H](O)CO)N(CCCSc1ccc(Cl)c(COC2(c3cnccc3-c3ccccc3OC3CC3)CC2)c1)CCOCCO. The van der Waals surface area contributed by atoms with Gasteiger partial charge >= 0.3 is 0 Å². The van der Waals surface area contributed by atoms with Gasteiger partial charge in [-0.2, -0.15) is 0 Å². The number of aliphatic hydroxyl groups excluding tert-OH is 6. The number of aromatic nitrogens is 1. The molecule has 0 aliphatic heterocycles. The number of para-hydroxylation sites is 1. The first-order valence-corrected chi connectivity index (χ1v) is 18.6. The smallest absolute Gasteiger partial charge is 0.254 e. The number of halogens is 1. The molecule has 0 unspecified atom stereocenters. The van der Waals surface area contributed by atoms with Crippen LogP contribution in [0.4, 0.5) is 0 Å². The van der Waals surface area contributed by atoms with Gasteiger partial charge < -0.3 is 49.7 Å². The highest BCUT2D eigenvalue weighted by Gasteiger charge is 2.48. The van der Waals surface area contributed by atoms with Crippen molar-refractivity contribution in [3.05, 3.63) is 77.1 Å². The Morgan fingerprint density at radius 3 is 2.51 bits per heavy atom. The summed E-state index contributed by atoms with van der Waals surface area (Å²) in [6.45, 7) is -0.339. The monoisotopic (exact) mass is 746 g/mol. The Morgan fingerprint density at radius 2 is 1.78 bits per heavy atom. The number of rotatable bonds is 22. The second-order valence-corrected chi connectivity index (χ2v) is 14.4. The molecule has 2 aliphatic rings. The molecule has 2 aliphatic carbocycles. The van der Waals surface area contributed by atoms with Crippen LogP contribution in [0.1, 0.15) is 43.2 Å². The van der Waals surface area contributed by atoms with Gasteiger partial charge in [-0.15, -0.1) is 11.8 Å². The van der Waals surface area contributed by atoms with Crippen LogP contribution in [0.15, 0.2) is 65.8 Å². The molecular formula is C37H47ClN2O10S. The van der Waals surface area contributed by atoms with Gasteiger partial charge in [0, 0.05) is 46.5 Å². The summed E-state index contributed by atoms with van der Waals surface area (Å²) in [4.78, 5) is 19.7. The minimum Gasteiger partial charge on any atom is -0.490 e. The standard InChI is InChI=1S/C37H47ClN2O10S/c38-30-9-8-26(51-19-3-14-40(15-17-48-18-16-41)36(47)35(46)34(45)33(44)31(43)22-42)20-24(30)23-49-37(11-12-37)29-21-39-13-10-27(29)28-4-1-2-5-32(28)50-25-6-7-25/h1-2,4-5,8-10,13,20-21,25,31,33-35,41-46H,3,6-7,11-12,14-19,22-23H2/t31-,33+,34-,35-/m0/s1. The van der Waals surface area contributed by atoms with E-state index in [0.717, 1.165) is 58.6 Å². The third kappa shape index (κ3) is 10.6. The number of ether oxygens (including phenoxy) is 3. The number of thioether (sulfide) groups is 1. The molecule has 2 fully saturated rings. The van der Waals surface area contributed by atoms with Crippen LogP contribution in [-0.2, 0) is 26.5 Å². The van der Waals surface area contributed by atoms with Crippen LogP contribution in [-0.4, -0.2) is 122 Å². The number of nitrogens with zero attached hydrogens (tertiary/aromatic N) is 2. The highest BCUT2D eigenvalue weighted by Crippen LogP contribution is 2.53. The molecule has 0 spiro atoms. The van der Waals surface area contributed by atoms with Crippen molar-refractivity contribution in [2.45, 2.75) is 79.7 Å². The highest BCUT2D eigenvalue weighted by atomic mass is 35.5. The maximum absolute atomic E-state index is 13.0. The number of pyridine rings is 1. The van der Waals surface area contributed by atoms with E-state index in [4.69, 9.17) is 36.0 Å². The lowest BCUT2D eigenvalue weighted by Crippen LogP contribution is -2.53. The van der Waals surface area contributed by atoms with Gasteiger partial charge in [-0.1, -0.05) is 29.8 Å². The Balaban J connectivity index is 1.19. The minimum absolute atomic E-state index is 0.0634. The van der Waals surface area contributed by atoms with Gasteiger partial charge in [-0.3, -0.25) is 9.78 Å². The zero-order valence-corrected chi connectivity index (χ0v) is 29.9. The van der Waals surface area contributed by atoms with Crippen molar-refractivity contribution < 1.29 is 49.6 Å². The number of amides is 1. The van der Waals surface area contributed by atoms with Crippen molar-refractivity contribution >= 4 is 29.3 Å². The molecule has 5 rings (SSSR count). The minimum atomic E-state index is -2.03. The molecular weight excluding hydrogens is 700 g/mol. The first-order chi connectivity index (χ1) is 24.7. The zero-order valence-electron chi connectivity index (χ0n) is 28.3. The van der Waals surface area contributed by atoms with Crippen LogP contribution in [0.2, 0.25) is 5.02 Å². The van der Waals surface area contributed by atoms with Crippen molar-refractivity contribution in [2.24, 2.45) is 0 Å². The van der Waals surface area contributed by atoms with Crippen LogP contribution in [0.5, 0.6) is 5.75 Å². The average molecular weight is 747 g/mol. The van der Waals surface area contributed by atoms with E-state index in [-0.39, 0.29) is 39.0 Å². The number of benzene rings is 2. The summed E-state index contributed by atoms with van der Waals surface area (Å²) in [6, 6.07) is 15.8. The summed E-state index contributed by atoms with van der Waals surface area (Å²) < 4.78 is 18.1. The molecule has 1 heterocycles. The molecule has 3 aromatic rings. The maximum Gasteiger partial charge on any atom is 0.254 e. The fraction of sp³-hybridized carbons (Fsp3) is 0.514. The molecule has 0 saturated heterocycles. The fourth-order valence-corrected chi connectivity index (χ4v) is 6.77. The number of aliphatic hydroxyl groups is 6.